The van der Waals surface area contributed by atoms with Gasteiger partial charge in [-0.15, -0.1) is 0 Å². The second-order valence-electron chi connectivity index (χ2n) is 7.59. The molecule has 4 rings (SSSR count). The van der Waals surface area contributed by atoms with Crippen molar-refractivity contribution in [2.75, 3.05) is 25.5 Å². The molecular formula is C23H26N4O3. The average Bonchev–Trinajstić information content (AvgIpc) is 3.23. The number of nitrogens with zero attached hydrogens (tertiary/aromatic N) is 3. The molecule has 0 unspecified atom stereocenters. The zero-order chi connectivity index (χ0) is 20.9. The zero-order valence-electron chi connectivity index (χ0n) is 17.3. The van der Waals surface area contributed by atoms with E-state index < -0.39 is 0 Å². The Balaban J connectivity index is 1.28. The Bertz CT molecular complexity index is 992. The third-order valence-corrected chi connectivity index (χ3v) is 5.53. The van der Waals surface area contributed by atoms with Gasteiger partial charge in [0.15, 0.2) is 0 Å². The van der Waals surface area contributed by atoms with Crippen molar-refractivity contribution in [2.24, 2.45) is 5.92 Å². The van der Waals surface area contributed by atoms with Crippen molar-refractivity contribution >= 4 is 11.6 Å². The molecule has 1 fully saturated rings. The van der Waals surface area contributed by atoms with Gasteiger partial charge in [-0.25, -0.2) is 0 Å². The van der Waals surface area contributed by atoms with Crippen LogP contribution < -0.4 is 10.1 Å². The number of methoxy groups -OCH3 is 1. The molecular weight excluding hydrogens is 380 g/mol. The Morgan fingerprint density at radius 2 is 1.90 bits per heavy atom. The first kappa shape index (κ1) is 20.1. The highest BCUT2D eigenvalue weighted by molar-refractivity contribution is 5.92. The van der Waals surface area contributed by atoms with Crippen LogP contribution in [0.25, 0.3) is 11.4 Å². The maximum Gasteiger partial charge on any atom is 0.241 e. The summed E-state index contributed by atoms with van der Waals surface area (Å²) in [6.45, 7) is 4.28. The number of benzene rings is 2. The molecule has 1 aliphatic rings. The van der Waals surface area contributed by atoms with E-state index in [0.717, 1.165) is 48.5 Å². The van der Waals surface area contributed by atoms with Crippen molar-refractivity contribution in [3.63, 3.8) is 0 Å². The summed E-state index contributed by atoms with van der Waals surface area (Å²) in [4.78, 5) is 19.4. The van der Waals surface area contributed by atoms with E-state index in [1.54, 1.807) is 7.11 Å². The third kappa shape index (κ3) is 4.68. The normalized spacial score (nSPS) is 15.1. The minimum Gasteiger partial charge on any atom is -0.497 e. The van der Waals surface area contributed by atoms with Crippen LogP contribution in [0.2, 0.25) is 0 Å². The Labute approximate surface area is 176 Å². The summed E-state index contributed by atoms with van der Waals surface area (Å²) in [7, 11) is 1.62. The van der Waals surface area contributed by atoms with Crippen LogP contribution >= 0.6 is 0 Å². The van der Waals surface area contributed by atoms with Crippen LogP contribution in [-0.4, -0.2) is 41.1 Å². The molecule has 2 aromatic carbocycles. The van der Waals surface area contributed by atoms with Crippen LogP contribution in [0.1, 0.15) is 24.3 Å². The highest BCUT2D eigenvalue weighted by atomic mass is 16.5. The van der Waals surface area contributed by atoms with Crippen LogP contribution in [-0.2, 0) is 11.3 Å². The standard InChI is InChI=1S/C23H26N4O3/c1-16-5-3-4-6-20(16)22-25-21(30-26-22)15-27-13-11-17(12-14-27)23(28)24-18-7-9-19(29-2)10-8-18/h3-10,17H,11-15H2,1-2H3,(H,24,28). The Morgan fingerprint density at radius 3 is 2.60 bits per heavy atom. The monoisotopic (exact) mass is 406 g/mol. The number of anilines is 1. The largest absolute Gasteiger partial charge is 0.497 e. The highest BCUT2D eigenvalue weighted by Crippen LogP contribution is 2.23. The topological polar surface area (TPSA) is 80.5 Å². The summed E-state index contributed by atoms with van der Waals surface area (Å²) in [5, 5.41) is 7.13. The summed E-state index contributed by atoms with van der Waals surface area (Å²) in [5.41, 5.74) is 2.90. The predicted molar refractivity (Wildman–Crippen MR) is 114 cm³/mol. The third-order valence-electron chi connectivity index (χ3n) is 5.53. The van der Waals surface area contributed by atoms with Crippen LogP contribution in [0.15, 0.2) is 53.1 Å². The molecule has 1 amide bonds. The number of hydrogen-bond donors (Lipinski definition) is 1. The summed E-state index contributed by atoms with van der Waals surface area (Å²) >= 11 is 0. The number of carbonyl (C=O) groups excluding carboxylic acids is 1. The molecule has 30 heavy (non-hydrogen) atoms. The van der Waals surface area contributed by atoms with Gasteiger partial charge in [0.05, 0.1) is 13.7 Å². The van der Waals surface area contributed by atoms with Gasteiger partial charge in [0.25, 0.3) is 0 Å². The average molecular weight is 406 g/mol. The van der Waals surface area contributed by atoms with Gasteiger partial charge in [-0.3, -0.25) is 9.69 Å². The van der Waals surface area contributed by atoms with E-state index in [4.69, 9.17) is 9.26 Å². The number of hydrogen-bond acceptors (Lipinski definition) is 6. The summed E-state index contributed by atoms with van der Waals surface area (Å²) in [6.07, 6.45) is 1.61. The molecule has 0 aliphatic carbocycles. The smallest absolute Gasteiger partial charge is 0.241 e. The lowest BCUT2D eigenvalue weighted by atomic mass is 9.96. The van der Waals surface area contributed by atoms with E-state index in [0.29, 0.717) is 18.3 Å². The first-order valence-corrected chi connectivity index (χ1v) is 10.2. The first-order chi connectivity index (χ1) is 14.6. The Morgan fingerprint density at radius 1 is 1.17 bits per heavy atom. The van der Waals surface area contributed by atoms with Crippen LogP contribution in [0.5, 0.6) is 5.75 Å². The second-order valence-corrected chi connectivity index (χ2v) is 7.59. The zero-order valence-corrected chi connectivity index (χ0v) is 17.3. The van der Waals surface area contributed by atoms with Gasteiger partial charge in [-0.1, -0.05) is 29.4 Å². The lowest BCUT2D eigenvalue weighted by molar-refractivity contribution is -0.121. The molecule has 1 N–H and O–H groups in total. The number of amides is 1. The number of aromatic nitrogens is 2. The lowest BCUT2D eigenvalue weighted by Gasteiger charge is -2.30. The van der Waals surface area contributed by atoms with E-state index >= 15 is 0 Å². The van der Waals surface area contributed by atoms with E-state index in [9.17, 15) is 4.79 Å². The molecule has 1 aliphatic heterocycles. The number of rotatable bonds is 6. The summed E-state index contributed by atoms with van der Waals surface area (Å²) in [6, 6.07) is 15.4. The fraction of sp³-hybridized carbons (Fsp3) is 0.348. The SMILES string of the molecule is COc1ccc(NC(=O)C2CCN(Cc3nc(-c4ccccc4C)no3)CC2)cc1. The molecule has 0 spiro atoms. The summed E-state index contributed by atoms with van der Waals surface area (Å²) in [5.74, 6) is 2.08. The van der Waals surface area contributed by atoms with E-state index in [1.165, 1.54) is 0 Å². The van der Waals surface area contributed by atoms with Gasteiger partial charge in [0.1, 0.15) is 5.75 Å². The molecule has 2 heterocycles. The fourth-order valence-corrected chi connectivity index (χ4v) is 3.72. The first-order valence-electron chi connectivity index (χ1n) is 10.2. The highest BCUT2D eigenvalue weighted by Gasteiger charge is 2.26. The minimum absolute atomic E-state index is 0.00793. The molecule has 1 saturated heterocycles. The number of piperidine rings is 1. The van der Waals surface area contributed by atoms with Crippen LogP contribution in [0, 0.1) is 12.8 Å². The Hall–Kier alpha value is -3.19. The lowest BCUT2D eigenvalue weighted by Crippen LogP contribution is -2.37. The van der Waals surface area contributed by atoms with Crippen LogP contribution in [0.4, 0.5) is 5.69 Å². The molecule has 7 nitrogen and oxygen atoms in total. The van der Waals surface area contributed by atoms with E-state index in [-0.39, 0.29) is 11.8 Å². The van der Waals surface area contributed by atoms with Gasteiger partial charge in [0, 0.05) is 17.2 Å². The van der Waals surface area contributed by atoms with Gasteiger partial charge in [0.2, 0.25) is 17.6 Å². The van der Waals surface area contributed by atoms with Crippen molar-refractivity contribution in [3.8, 4) is 17.1 Å². The molecule has 0 atom stereocenters. The van der Waals surface area contributed by atoms with Gasteiger partial charge < -0.3 is 14.6 Å². The maximum atomic E-state index is 12.6. The number of aryl methyl sites for hydroxylation is 1. The van der Waals surface area contributed by atoms with E-state index in [1.807, 2.05) is 55.5 Å². The molecule has 156 valence electrons. The van der Waals surface area contributed by atoms with Crippen molar-refractivity contribution in [1.82, 2.24) is 15.0 Å². The van der Waals surface area contributed by atoms with Gasteiger partial charge >= 0.3 is 0 Å². The molecule has 3 aromatic rings. The minimum atomic E-state index is 0.00793. The number of carbonyl (C=O) groups is 1. The van der Waals surface area contributed by atoms with E-state index in [2.05, 4.69) is 20.4 Å². The van der Waals surface area contributed by atoms with Crippen molar-refractivity contribution in [2.45, 2.75) is 26.3 Å². The quantitative estimate of drug-likeness (QED) is 0.669. The number of likely N-dealkylation sites (tertiary alicyclic amines) is 1. The summed E-state index contributed by atoms with van der Waals surface area (Å²) < 4.78 is 10.6. The maximum absolute atomic E-state index is 12.6. The second kappa shape index (κ2) is 9.09. The number of nitrogens with one attached hydrogen (secondary N) is 1. The number of ether oxygens (including phenoxy) is 1. The fourth-order valence-electron chi connectivity index (χ4n) is 3.72. The van der Waals surface area contributed by atoms with Crippen molar-refractivity contribution in [1.29, 1.82) is 0 Å². The molecule has 0 radical (unpaired) electrons. The van der Waals surface area contributed by atoms with Gasteiger partial charge in [-0.2, -0.15) is 4.98 Å². The van der Waals surface area contributed by atoms with Crippen LogP contribution in [0.3, 0.4) is 0 Å². The van der Waals surface area contributed by atoms with Crippen molar-refractivity contribution < 1.29 is 14.1 Å². The molecule has 1 aromatic heterocycles. The van der Waals surface area contributed by atoms with Gasteiger partial charge in [-0.05, 0) is 62.7 Å². The van der Waals surface area contributed by atoms with Crippen molar-refractivity contribution in [3.05, 3.63) is 60.0 Å². The molecule has 0 bridgehead atoms. The predicted octanol–water partition coefficient (Wildman–Crippen LogP) is 3.90. The molecule has 7 heteroatoms. The molecule has 0 saturated carbocycles. The Kier molecular flexibility index (Phi) is 6.09.